The van der Waals surface area contributed by atoms with E-state index in [0.29, 0.717) is 11.5 Å². The van der Waals surface area contributed by atoms with Crippen molar-refractivity contribution in [1.29, 1.82) is 0 Å². The van der Waals surface area contributed by atoms with Gasteiger partial charge in [-0.25, -0.2) is 4.79 Å². The first-order valence-corrected chi connectivity index (χ1v) is 8.96. The minimum absolute atomic E-state index is 0.226. The second kappa shape index (κ2) is 9.10. The van der Waals surface area contributed by atoms with Crippen molar-refractivity contribution in [3.8, 4) is 11.5 Å². The summed E-state index contributed by atoms with van der Waals surface area (Å²) < 4.78 is 11.2. The van der Waals surface area contributed by atoms with Crippen molar-refractivity contribution in [2.75, 3.05) is 7.11 Å². The Labute approximate surface area is 168 Å². The summed E-state index contributed by atoms with van der Waals surface area (Å²) in [6.45, 7) is 0.234. The molecule has 0 aliphatic rings. The van der Waals surface area contributed by atoms with Gasteiger partial charge in [-0.1, -0.05) is 24.3 Å². The van der Waals surface area contributed by atoms with Crippen LogP contribution in [0.5, 0.6) is 11.5 Å². The molecule has 5 nitrogen and oxygen atoms in total. The number of methoxy groups -OCH3 is 1. The van der Waals surface area contributed by atoms with Crippen LogP contribution < -0.4 is 9.47 Å². The quantitative estimate of drug-likeness (QED) is 0.437. The van der Waals surface area contributed by atoms with E-state index in [9.17, 15) is 4.79 Å². The zero-order valence-electron chi connectivity index (χ0n) is 15.2. The molecular formula is C22H19NO4S. The van der Waals surface area contributed by atoms with Crippen LogP contribution in [-0.2, 0) is 6.61 Å². The molecular weight excluding hydrogens is 374 g/mol. The van der Waals surface area contributed by atoms with Crippen LogP contribution in [0.1, 0.15) is 21.5 Å². The van der Waals surface area contributed by atoms with E-state index in [-0.39, 0.29) is 12.2 Å². The number of carboxylic acids is 1. The van der Waals surface area contributed by atoms with E-state index in [1.165, 1.54) is 0 Å². The third-order valence-electron chi connectivity index (χ3n) is 3.99. The molecule has 0 heterocycles. The fourth-order valence-corrected chi connectivity index (χ4v) is 2.77. The van der Waals surface area contributed by atoms with E-state index >= 15 is 0 Å². The number of thiol groups is 1. The number of ether oxygens (including phenoxy) is 2. The minimum Gasteiger partial charge on any atom is -0.493 e. The highest BCUT2D eigenvalue weighted by Gasteiger charge is 2.08. The van der Waals surface area contributed by atoms with Gasteiger partial charge in [0.25, 0.3) is 0 Å². The maximum atomic E-state index is 11.1. The first-order valence-electron chi connectivity index (χ1n) is 8.52. The van der Waals surface area contributed by atoms with E-state index in [1.807, 2.05) is 42.5 Å². The molecule has 0 amide bonds. The molecule has 0 atom stereocenters. The minimum atomic E-state index is -0.967. The van der Waals surface area contributed by atoms with Crippen LogP contribution in [0.25, 0.3) is 0 Å². The molecule has 3 aromatic carbocycles. The Morgan fingerprint density at radius 1 is 1.07 bits per heavy atom. The second-order valence-corrected chi connectivity index (χ2v) is 6.43. The van der Waals surface area contributed by atoms with Crippen molar-refractivity contribution >= 4 is 30.5 Å². The Kier molecular flexibility index (Phi) is 6.34. The average molecular weight is 393 g/mol. The van der Waals surface area contributed by atoms with Crippen LogP contribution >= 0.6 is 12.6 Å². The summed E-state index contributed by atoms with van der Waals surface area (Å²) in [4.78, 5) is 16.3. The molecule has 1 N–H and O–H groups in total. The Bertz CT molecular complexity index is 1020. The molecule has 0 radical (unpaired) electrons. The first-order chi connectivity index (χ1) is 13.6. The van der Waals surface area contributed by atoms with Crippen LogP contribution in [0.15, 0.2) is 76.6 Å². The van der Waals surface area contributed by atoms with Gasteiger partial charge in [0.2, 0.25) is 0 Å². The lowest BCUT2D eigenvalue weighted by Gasteiger charge is -2.11. The maximum absolute atomic E-state index is 11.1. The molecule has 0 saturated carbocycles. The van der Waals surface area contributed by atoms with Gasteiger partial charge in [-0.05, 0) is 53.6 Å². The molecule has 3 rings (SSSR count). The van der Waals surface area contributed by atoms with E-state index in [0.717, 1.165) is 21.7 Å². The first kappa shape index (κ1) is 19.5. The Morgan fingerprint density at radius 3 is 2.64 bits per heavy atom. The lowest BCUT2D eigenvalue weighted by atomic mass is 10.1. The highest BCUT2D eigenvalue weighted by molar-refractivity contribution is 7.80. The summed E-state index contributed by atoms with van der Waals surface area (Å²) in [6.07, 6.45) is 1.73. The number of nitrogens with zero attached hydrogens (tertiary/aromatic N) is 1. The summed E-state index contributed by atoms with van der Waals surface area (Å²) >= 11 is 4.39. The molecule has 142 valence electrons. The van der Waals surface area contributed by atoms with Crippen molar-refractivity contribution in [1.82, 2.24) is 0 Å². The summed E-state index contributed by atoms with van der Waals surface area (Å²) in [6, 6.07) is 19.7. The summed E-state index contributed by atoms with van der Waals surface area (Å²) in [5.74, 6) is 0.165. The molecule has 0 spiro atoms. The highest BCUT2D eigenvalue weighted by atomic mass is 32.1. The van der Waals surface area contributed by atoms with E-state index in [2.05, 4.69) is 17.6 Å². The normalized spacial score (nSPS) is 10.8. The third-order valence-corrected chi connectivity index (χ3v) is 4.37. The molecule has 0 unspecified atom stereocenters. The molecule has 0 saturated heterocycles. The topological polar surface area (TPSA) is 68.1 Å². The molecule has 3 aromatic rings. The molecule has 0 aromatic heterocycles. The lowest BCUT2D eigenvalue weighted by Crippen LogP contribution is -2.01. The fourth-order valence-electron chi connectivity index (χ4n) is 2.56. The van der Waals surface area contributed by atoms with Crippen molar-refractivity contribution in [2.24, 2.45) is 4.99 Å². The van der Waals surface area contributed by atoms with Crippen LogP contribution in [0, 0.1) is 0 Å². The third kappa shape index (κ3) is 4.92. The summed E-state index contributed by atoms with van der Waals surface area (Å²) in [5.41, 5.74) is 2.62. The fraction of sp³-hybridized carbons (Fsp3) is 0.0909. The Balaban J connectivity index is 1.74. The number of carbonyl (C=O) groups is 1. The SMILES string of the molecule is COc1cc(C=Nc2ccccc2S)ccc1OCc1cccc(C(=O)O)c1. The van der Waals surface area contributed by atoms with E-state index in [4.69, 9.17) is 14.6 Å². The van der Waals surface area contributed by atoms with Crippen molar-refractivity contribution in [3.05, 3.63) is 83.4 Å². The number of hydrogen-bond acceptors (Lipinski definition) is 5. The monoisotopic (exact) mass is 393 g/mol. The van der Waals surface area contributed by atoms with Gasteiger partial charge in [-0.15, -0.1) is 12.6 Å². The number of aromatic carboxylic acids is 1. The van der Waals surface area contributed by atoms with Crippen LogP contribution in [-0.4, -0.2) is 24.4 Å². The van der Waals surface area contributed by atoms with Gasteiger partial charge >= 0.3 is 5.97 Å². The zero-order chi connectivity index (χ0) is 19.9. The molecule has 0 bridgehead atoms. The number of para-hydroxylation sites is 1. The molecule has 0 aliphatic heterocycles. The average Bonchev–Trinajstić information content (AvgIpc) is 2.72. The molecule has 6 heteroatoms. The number of carboxylic acid groups (broad SMARTS) is 1. The lowest BCUT2D eigenvalue weighted by molar-refractivity contribution is 0.0696. The zero-order valence-corrected chi connectivity index (χ0v) is 16.1. The van der Waals surface area contributed by atoms with Crippen molar-refractivity contribution < 1.29 is 19.4 Å². The predicted molar refractivity (Wildman–Crippen MR) is 112 cm³/mol. The smallest absolute Gasteiger partial charge is 0.335 e. The van der Waals surface area contributed by atoms with Crippen molar-refractivity contribution in [2.45, 2.75) is 11.5 Å². The standard InChI is InChI=1S/C22H19NO4S/c1-26-20-12-15(13-23-18-7-2-3-8-21(18)28)9-10-19(20)27-14-16-5-4-6-17(11-16)22(24)25/h2-13,28H,14H2,1H3,(H,24,25). The van der Waals surface area contributed by atoms with Crippen LogP contribution in [0.4, 0.5) is 5.69 Å². The Morgan fingerprint density at radius 2 is 1.89 bits per heavy atom. The Hall–Kier alpha value is -3.25. The van der Waals surface area contributed by atoms with Gasteiger partial charge in [0.15, 0.2) is 11.5 Å². The highest BCUT2D eigenvalue weighted by Crippen LogP contribution is 2.29. The van der Waals surface area contributed by atoms with Gasteiger partial charge in [-0.3, -0.25) is 4.99 Å². The number of aliphatic imine (C=N–C) groups is 1. The summed E-state index contributed by atoms with van der Waals surface area (Å²) in [7, 11) is 1.57. The molecule has 28 heavy (non-hydrogen) atoms. The summed E-state index contributed by atoms with van der Waals surface area (Å²) in [5, 5.41) is 9.08. The largest absolute Gasteiger partial charge is 0.493 e. The number of rotatable bonds is 7. The number of hydrogen-bond donors (Lipinski definition) is 2. The van der Waals surface area contributed by atoms with Crippen LogP contribution in [0.3, 0.4) is 0 Å². The van der Waals surface area contributed by atoms with E-state index in [1.54, 1.807) is 37.6 Å². The van der Waals surface area contributed by atoms with Gasteiger partial charge < -0.3 is 14.6 Å². The second-order valence-electron chi connectivity index (χ2n) is 5.95. The van der Waals surface area contributed by atoms with E-state index < -0.39 is 5.97 Å². The van der Waals surface area contributed by atoms with Gasteiger partial charge in [0.05, 0.1) is 18.4 Å². The van der Waals surface area contributed by atoms with Crippen LogP contribution in [0.2, 0.25) is 0 Å². The predicted octanol–water partition coefficient (Wildman–Crippen LogP) is 5.01. The molecule has 0 aliphatic carbocycles. The van der Waals surface area contributed by atoms with Gasteiger partial charge in [-0.2, -0.15) is 0 Å². The van der Waals surface area contributed by atoms with Gasteiger partial charge in [0.1, 0.15) is 6.61 Å². The van der Waals surface area contributed by atoms with Crippen molar-refractivity contribution in [3.63, 3.8) is 0 Å². The maximum Gasteiger partial charge on any atom is 0.335 e. The van der Waals surface area contributed by atoms with Gasteiger partial charge in [0, 0.05) is 11.1 Å². The molecule has 0 fully saturated rings. The number of benzene rings is 3.